The zero-order valence-electron chi connectivity index (χ0n) is 10.5. The van der Waals surface area contributed by atoms with Gasteiger partial charge in [0.1, 0.15) is 5.60 Å². The average Bonchev–Trinajstić information content (AvgIpc) is 2.46. The summed E-state index contributed by atoms with van der Waals surface area (Å²) in [5.74, 6) is 0. The Morgan fingerprint density at radius 3 is 2.72 bits per heavy atom. The number of aliphatic hydroxyl groups is 1. The molecule has 90 valence electrons. The fraction of sp³-hybridized carbons (Fsp3) is 0.188. The maximum Gasteiger partial charge on any atom is 0.114 e. The first kappa shape index (κ1) is 11.2. The highest BCUT2D eigenvalue weighted by molar-refractivity contribution is 5.85. The van der Waals surface area contributed by atoms with Crippen molar-refractivity contribution in [3.05, 3.63) is 65.0 Å². The van der Waals surface area contributed by atoms with Gasteiger partial charge < -0.3 is 5.11 Å². The van der Waals surface area contributed by atoms with Crippen LogP contribution >= 0.6 is 0 Å². The highest BCUT2D eigenvalue weighted by atomic mass is 16.3. The number of aromatic nitrogens is 1. The summed E-state index contributed by atoms with van der Waals surface area (Å²) < 4.78 is 0. The summed E-state index contributed by atoms with van der Waals surface area (Å²) in [7, 11) is 0. The standard InChI is InChI=1S/C16H15NO/c1-11-9-12-7-8-17-10-15(12)16(2,18)14-6-4-3-5-13(11)14/h3-10,18H,1-2H3. The van der Waals surface area contributed by atoms with Crippen LogP contribution in [-0.2, 0) is 5.60 Å². The number of rotatable bonds is 0. The van der Waals surface area contributed by atoms with E-state index in [2.05, 4.69) is 24.1 Å². The molecule has 0 bridgehead atoms. The van der Waals surface area contributed by atoms with Crippen LogP contribution in [0.25, 0.3) is 11.6 Å². The van der Waals surface area contributed by atoms with Crippen molar-refractivity contribution in [1.29, 1.82) is 0 Å². The van der Waals surface area contributed by atoms with Crippen molar-refractivity contribution < 1.29 is 5.11 Å². The van der Waals surface area contributed by atoms with Crippen LogP contribution in [0.5, 0.6) is 0 Å². The zero-order chi connectivity index (χ0) is 12.8. The lowest BCUT2D eigenvalue weighted by Gasteiger charge is -2.26. The fourth-order valence-corrected chi connectivity index (χ4v) is 2.65. The van der Waals surface area contributed by atoms with E-state index in [1.807, 2.05) is 31.2 Å². The zero-order valence-corrected chi connectivity index (χ0v) is 10.5. The summed E-state index contributed by atoms with van der Waals surface area (Å²) in [5, 5.41) is 10.9. The molecule has 0 radical (unpaired) electrons. The molecule has 0 fully saturated rings. The first-order valence-corrected chi connectivity index (χ1v) is 6.06. The van der Waals surface area contributed by atoms with Gasteiger partial charge in [0, 0.05) is 18.0 Å². The van der Waals surface area contributed by atoms with Gasteiger partial charge in [-0.2, -0.15) is 0 Å². The van der Waals surface area contributed by atoms with Crippen LogP contribution in [0.2, 0.25) is 0 Å². The maximum absolute atomic E-state index is 10.9. The molecule has 0 spiro atoms. The summed E-state index contributed by atoms with van der Waals surface area (Å²) in [6, 6.07) is 9.94. The van der Waals surface area contributed by atoms with Gasteiger partial charge in [-0.1, -0.05) is 30.3 Å². The highest BCUT2D eigenvalue weighted by Crippen LogP contribution is 2.39. The van der Waals surface area contributed by atoms with Crippen LogP contribution in [0.3, 0.4) is 0 Å². The quantitative estimate of drug-likeness (QED) is 0.763. The van der Waals surface area contributed by atoms with E-state index in [-0.39, 0.29) is 0 Å². The Morgan fingerprint density at radius 1 is 1.11 bits per heavy atom. The smallest absolute Gasteiger partial charge is 0.114 e. The molecule has 3 rings (SSSR count). The first-order chi connectivity index (χ1) is 8.60. The molecule has 0 amide bonds. The van der Waals surface area contributed by atoms with Crippen LogP contribution < -0.4 is 0 Å². The number of pyridine rings is 1. The molecule has 1 atom stereocenters. The van der Waals surface area contributed by atoms with E-state index in [0.717, 1.165) is 27.8 Å². The lowest BCUT2D eigenvalue weighted by atomic mass is 9.85. The van der Waals surface area contributed by atoms with Crippen molar-refractivity contribution in [2.75, 3.05) is 0 Å². The van der Waals surface area contributed by atoms with Gasteiger partial charge in [0.25, 0.3) is 0 Å². The third-order valence-corrected chi connectivity index (χ3v) is 3.63. The number of hydrogen-bond acceptors (Lipinski definition) is 2. The molecule has 1 aliphatic carbocycles. The van der Waals surface area contributed by atoms with Gasteiger partial charge in [-0.15, -0.1) is 0 Å². The van der Waals surface area contributed by atoms with Crippen LogP contribution in [0.1, 0.15) is 36.1 Å². The van der Waals surface area contributed by atoms with Crippen molar-refractivity contribution in [2.24, 2.45) is 0 Å². The topological polar surface area (TPSA) is 33.1 Å². The van der Waals surface area contributed by atoms with E-state index < -0.39 is 5.60 Å². The Bertz CT molecular complexity index is 641. The molecule has 1 N–H and O–H groups in total. The molecule has 2 nitrogen and oxygen atoms in total. The van der Waals surface area contributed by atoms with E-state index in [1.54, 1.807) is 12.4 Å². The summed E-state index contributed by atoms with van der Waals surface area (Å²) in [6.07, 6.45) is 5.62. The fourth-order valence-electron chi connectivity index (χ4n) is 2.65. The predicted molar refractivity (Wildman–Crippen MR) is 72.9 cm³/mol. The van der Waals surface area contributed by atoms with E-state index in [9.17, 15) is 5.11 Å². The lowest BCUT2D eigenvalue weighted by molar-refractivity contribution is 0.102. The van der Waals surface area contributed by atoms with Gasteiger partial charge in [0.05, 0.1) is 0 Å². The van der Waals surface area contributed by atoms with E-state index in [1.165, 1.54) is 0 Å². The second-order valence-electron chi connectivity index (χ2n) is 4.91. The summed E-state index contributed by atoms with van der Waals surface area (Å²) in [4.78, 5) is 4.14. The average molecular weight is 237 g/mol. The van der Waals surface area contributed by atoms with Crippen molar-refractivity contribution in [2.45, 2.75) is 19.4 Å². The summed E-state index contributed by atoms with van der Waals surface area (Å²) >= 11 is 0. The van der Waals surface area contributed by atoms with Gasteiger partial charge in [-0.25, -0.2) is 0 Å². The van der Waals surface area contributed by atoms with Gasteiger partial charge in [-0.05, 0) is 42.2 Å². The van der Waals surface area contributed by atoms with Crippen LogP contribution in [0.4, 0.5) is 0 Å². The molecule has 2 heteroatoms. The number of benzene rings is 1. The Labute approximate surface area is 107 Å². The van der Waals surface area contributed by atoms with Crippen LogP contribution in [-0.4, -0.2) is 10.1 Å². The first-order valence-electron chi connectivity index (χ1n) is 6.06. The Morgan fingerprint density at radius 2 is 1.89 bits per heavy atom. The van der Waals surface area contributed by atoms with Gasteiger partial charge in [-0.3, -0.25) is 4.98 Å². The third kappa shape index (κ3) is 1.50. The SMILES string of the molecule is CC1=Cc2ccncc2C(C)(O)c2ccccc21. The maximum atomic E-state index is 10.9. The van der Waals surface area contributed by atoms with Crippen molar-refractivity contribution >= 4 is 11.6 Å². The minimum absolute atomic E-state index is 0.856. The molecule has 1 unspecified atom stereocenters. The van der Waals surface area contributed by atoms with Gasteiger partial charge >= 0.3 is 0 Å². The minimum Gasteiger partial charge on any atom is -0.381 e. The van der Waals surface area contributed by atoms with Gasteiger partial charge in [0.15, 0.2) is 0 Å². The largest absolute Gasteiger partial charge is 0.381 e. The van der Waals surface area contributed by atoms with Crippen molar-refractivity contribution in [3.63, 3.8) is 0 Å². The van der Waals surface area contributed by atoms with Crippen LogP contribution in [0.15, 0.2) is 42.7 Å². The molecule has 0 saturated heterocycles. The molecule has 1 aromatic heterocycles. The number of allylic oxidation sites excluding steroid dienone is 1. The normalized spacial score (nSPS) is 21.6. The molecule has 1 heterocycles. The second-order valence-corrected chi connectivity index (χ2v) is 4.91. The van der Waals surface area contributed by atoms with Gasteiger partial charge in [0.2, 0.25) is 0 Å². The number of nitrogens with zero attached hydrogens (tertiary/aromatic N) is 1. The molecule has 0 aliphatic heterocycles. The van der Waals surface area contributed by atoms with Crippen LogP contribution in [0, 0.1) is 0 Å². The Hall–Kier alpha value is -1.93. The molecule has 2 aromatic rings. The molecule has 0 saturated carbocycles. The van der Waals surface area contributed by atoms with E-state index in [4.69, 9.17) is 0 Å². The summed E-state index contributed by atoms with van der Waals surface area (Å²) in [5.41, 5.74) is 4.08. The van der Waals surface area contributed by atoms with E-state index in [0.29, 0.717) is 0 Å². The molecular weight excluding hydrogens is 222 g/mol. The summed E-state index contributed by atoms with van der Waals surface area (Å²) in [6.45, 7) is 3.91. The number of hydrogen-bond donors (Lipinski definition) is 1. The number of fused-ring (bicyclic) bond motifs is 2. The highest BCUT2D eigenvalue weighted by Gasteiger charge is 2.32. The predicted octanol–water partition coefficient (Wildman–Crippen LogP) is 3.21. The molecule has 18 heavy (non-hydrogen) atoms. The Kier molecular flexibility index (Phi) is 2.35. The third-order valence-electron chi connectivity index (χ3n) is 3.63. The van der Waals surface area contributed by atoms with E-state index >= 15 is 0 Å². The van der Waals surface area contributed by atoms with Crippen molar-refractivity contribution in [1.82, 2.24) is 4.98 Å². The monoisotopic (exact) mass is 237 g/mol. The molecular formula is C16H15NO. The second kappa shape index (κ2) is 3.79. The Balaban J connectivity index is 2.40. The minimum atomic E-state index is -1.01. The lowest BCUT2D eigenvalue weighted by Crippen LogP contribution is -2.24. The molecule has 1 aromatic carbocycles. The van der Waals surface area contributed by atoms with Crippen molar-refractivity contribution in [3.8, 4) is 0 Å². The molecule has 1 aliphatic rings.